The topological polar surface area (TPSA) is 54.4 Å². The van der Waals surface area contributed by atoms with Crippen molar-refractivity contribution in [3.05, 3.63) is 23.1 Å². The minimum Gasteiger partial charge on any atom is -0.494 e. The molecule has 23 heavy (non-hydrogen) atoms. The molecule has 2 aliphatic rings. The zero-order valence-corrected chi connectivity index (χ0v) is 13.7. The molecule has 2 saturated heterocycles. The largest absolute Gasteiger partial charge is 0.494 e. The van der Waals surface area contributed by atoms with Crippen LogP contribution < -0.4 is 9.64 Å². The van der Waals surface area contributed by atoms with Crippen LogP contribution >= 0.6 is 0 Å². The van der Waals surface area contributed by atoms with Gasteiger partial charge in [-0.2, -0.15) is 0 Å². The number of anilines is 1. The fourth-order valence-corrected chi connectivity index (χ4v) is 3.58. The lowest BCUT2D eigenvalue weighted by molar-refractivity contribution is 0.0142. The molecule has 0 radical (unpaired) electrons. The molecule has 2 heterocycles. The van der Waals surface area contributed by atoms with Gasteiger partial charge >= 0.3 is 0 Å². The Balaban J connectivity index is 1.66. The zero-order valence-electron chi connectivity index (χ0n) is 13.7. The molecule has 0 aliphatic carbocycles. The molecule has 0 bridgehead atoms. The Hall–Kier alpha value is -1.66. The van der Waals surface area contributed by atoms with Crippen LogP contribution in [0.4, 0.5) is 11.4 Å². The number of methoxy groups -OCH3 is 1. The first-order valence-corrected chi connectivity index (χ1v) is 8.40. The van der Waals surface area contributed by atoms with Crippen molar-refractivity contribution in [1.82, 2.24) is 4.90 Å². The van der Waals surface area contributed by atoms with E-state index in [0.29, 0.717) is 17.5 Å². The van der Waals surface area contributed by atoms with Crippen LogP contribution in [-0.2, 0) is 4.74 Å². The summed E-state index contributed by atoms with van der Waals surface area (Å²) in [5, 5.41) is 3.01. The summed E-state index contributed by atoms with van der Waals surface area (Å²) in [6, 6.07) is 6.28. The molecule has 0 aromatic heterocycles. The van der Waals surface area contributed by atoms with Crippen molar-refractivity contribution in [2.24, 2.45) is 5.18 Å². The lowest BCUT2D eigenvalue weighted by atomic mass is 10.1. The van der Waals surface area contributed by atoms with Gasteiger partial charge in [0, 0.05) is 44.0 Å². The molecule has 1 unspecified atom stereocenters. The van der Waals surface area contributed by atoms with E-state index in [2.05, 4.69) is 15.0 Å². The molecule has 2 aliphatic heterocycles. The molecule has 1 aromatic rings. The highest BCUT2D eigenvalue weighted by Crippen LogP contribution is 2.33. The van der Waals surface area contributed by atoms with E-state index in [1.807, 2.05) is 12.1 Å². The van der Waals surface area contributed by atoms with Gasteiger partial charge in [-0.25, -0.2) is 0 Å². The first-order valence-electron chi connectivity index (χ1n) is 8.40. The minimum atomic E-state index is 0.359. The number of ether oxygens (including phenoxy) is 2. The molecule has 1 atom stereocenters. The summed E-state index contributed by atoms with van der Waals surface area (Å²) in [6.07, 6.45) is 3.58. The summed E-state index contributed by atoms with van der Waals surface area (Å²) in [5.41, 5.74) is 1.47. The summed E-state index contributed by atoms with van der Waals surface area (Å²) < 4.78 is 10.7. The van der Waals surface area contributed by atoms with Crippen LogP contribution in [-0.4, -0.2) is 57.4 Å². The standard InChI is InChI=1S/C17H25N3O3/c1-22-17-13-15(4-5-16(17)18-21)19-7-2-3-14(6-8-19)20-9-11-23-12-10-20/h4-5,13-14H,2-3,6-12H2,1H3. The number of nitroso groups, excluding NO2 is 1. The van der Waals surface area contributed by atoms with Crippen molar-refractivity contribution in [3.8, 4) is 5.75 Å². The number of morpholine rings is 1. The van der Waals surface area contributed by atoms with Crippen LogP contribution in [0, 0.1) is 4.91 Å². The van der Waals surface area contributed by atoms with Gasteiger partial charge in [-0.05, 0) is 36.6 Å². The van der Waals surface area contributed by atoms with Crippen LogP contribution in [0.15, 0.2) is 23.4 Å². The van der Waals surface area contributed by atoms with Crippen molar-refractivity contribution >= 4 is 11.4 Å². The van der Waals surface area contributed by atoms with Crippen LogP contribution in [0.1, 0.15) is 19.3 Å². The second kappa shape index (κ2) is 7.75. The van der Waals surface area contributed by atoms with Gasteiger partial charge in [-0.1, -0.05) is 0 Å². The lowest BCUT2D eigenvalue weighted by Crippen LogP contribution is -2.43. The molecule has 0 saturated carbocycles. The quantitative estimate of drug-likeness (QED) is 0.799. The summed E-state index contributed by atoms with van der Waals surface area (Å²) in [6.45, 7) is 5.89. The average molecular weight is 319 g/mol. The highest BCUT2D eigenvalue weighted by molar-refractivity contribution is 5.61. The van der Waals surface area contributed by atoms with Gasteiger partial charge in [-0.15, -0.1) is 4.91 Å². The fourth-order valence-electron chi connectivity index (χ4n) is 3.58. The zero-order chi connectivity index (χ0) is 16.1. The van der Waals surface area contributed by atoms with Crippen LogP contribution in [0.25, 0.3) is 0 Å². The second-order valence-electron chi connectivity index (χ2n) is 6.17. The molecular weight excluding hydrogens is 294 g/mol. The van der Waals surface area contributed by atoms with Crippen molar-refractivity contribution < 1.29 is 9.47 Å². The molecule has 6 nitrogen and oxygen atoms in total. The van der Waals surface area contributed by atoms with Crippen molar-refractivity contribution in [2.45, 2.75) is 25.3 Å². The van der Waals surface area contributed by atoms with Gasteiger partial charge in [-0.3, -0.25) is 4.90 Å². The van der Waals surface area contributed by atoms with E-state index in [-0.39, 0.29) is 0 Å². The Bertz CT molecular complexity index is 532. The molecule has 0 spiro atoms. The average Bonchev–Trinajstić information content (AvgIpc) is 2.88. The van der Waals surface area contributed by atoms with Gasteiger partial charge in [0.05, 0.1) is 20.3 Å². The third-order valence-corrected chi connectivity index (χ3v) is 4.89. The fraction of sp³-hybridized carbons (Fsp3) is 0.647. The Morgan fingerprint density at radius 2 is 2.00 bits per heavy atom. The summed E-state index contributed by atoms with van der Waals surface area (Å²) >= 11 is 0. The maximum atomic E-state index is 10.8. The van der Waals surface area contributed by atoms with E-state index in [4.69, 9.17) is 9.47 Å². The molecule has 1 aromatic carbocycles. The molecule has 2 fully saturated rings. The van der Waals surface area contributed by atoms with Crippen LogP contribution in [0.3, 0.4) is 0 Å². The number of nitrogens with zero attached hydrogens (tertiary/aromatic N) is 3. The first-order chi connectivity index (χ1) is 11.3. The summed E-state index contributed by atoms with van der Waals surface area (Å²) in [4.78, 5) is 15.8. The Labute approximate surface area is 137 Å². The summed E-state index contributed by atoms with van der Waals surface area (Å²) in [5.74, 6) is 0.548. The van der Waals surface area contributed by atoms with E-state index in [0.717, 1.165) is 51.5 Å². The van der Waals surface area contributed by atoms with E-state index < -0.39 is 0 Å². The maximum absolute atomic E-state index is 10.8. The van der Waals surface area contributed by atoms with Gasteiger partial charge in [0.1, 0.15) is 11.4 Å². The third-order valence-electron chi connectivity index (χ3n) is 4.89. The number of rotatable bonds is 4. The predicted molar refractivity (Wildman–Crippen MR) is 90.7 cm³/mol. The van der Waals surface area contributed by atoms with Crippen molar-refractivity contribution in [1.29, 1.82) is 0 Å². The monoisotopic (exact) mass is 319 g/mol. The Morgan fingerprint density at radius 3 is 2.74 bits per heavy atom. The number of hydrogen-bond acceptors (Lipinski definition) is 6. The maximum Gasteiger partial charge on any atom is 0.150 e. The molecule has 0 N–H and O–H groups in total. The normalized spacial score (nSPS) is 23.3. The Kier molecular flexibility index (Phi) is 5.46. The van der Waals surface area contributed by atoms with Crippen molar-refractivity contribution in [2.75, 3.05) is 51.4 Å². The van der Waals surface area contributed by atoms with E-state index in [9.17, 15) is 4.91 Å². The van der Waals surface area contributed by atoms with Gasteiger partial charge in [0.15, 0.2) is 0 Å². The van der Waals surface area contributed by atoms with Gasteiger partial charge < -0.3 is 14.4 Å². The molecule has 126 valence electrons. The van der Waals surface area contributed by atoms with Crippen LogP contribution in [0.5, 0.6) is 5.75 Å². The predicted octanol–water partition coefficient (Wildman–Crippen LogP) is 2.78. The molecule has 3 rings (SSSR count). The lowest BCUT2D eigenvalue weighted by Gasteiger charge is -2.34. The minimum absolute atomic E-state index is 0.359. The van der Waals surface area contributed by atoms with Crippen molar-refractivity contribution in [3.63, 3.8) is 0 Å². The second-order valence-corrected chi connectivity index (χ2v) is 6.17. The van der Waals surface area contributed by atoms with Crippen LogP contribution in [0.2, 0.25) is 0 Å². The molecular formula is C17H25N3O3. The van der Waals surface area contributed by atoms with E-state index in [1.54, 1.807) is 13.2 Å². The van der Waals surface area contributed by atoms with E-state index >= 15 is 0 Å². The SMILES string of the molecule is COc1cc(N2CCCC(N3CCOCC3)CC2)ccc1N=O. The highest BCUT2D eigenvalue weighted by atomic mass is 16.5. The Morgan fingerprint density at radius 1 is 1.17 bits per heavy atom. The number of hydrogen-bond donors (Lipinski definition) is 0. The number of benzene rings is 1. The summed E-state index contributed by atoms with van der Waals surface area (Å²) in [7, 11) is 1.57. The van der Waals surface area contributed by atoms with E-state index in [1.165, 1.54) is 12.8 Å². The van der Waals surface area contributed by atoms with Gasteiger partial charge in [0.2, 0.25) is 0 Å². The molecule has 6 heteroatoms. The third kappa shape index (κ3) is 3.82. The highest BCUT2D eigenvalue weighted by Gasteiger charge is 2.24. The first kappa shape index (κ1) is 16.2. The molecule has 0 amide bonds. The smallest absolute Gasteiger partial charge is 0.150 e. The van der Waals surface area contributed by atoms with Gasteiger partial charge in [0.25, 0.3) is 0 Å².